The molecule has 3 aromatic rings. The molecule has 0 aliphatic carbocycles. The molecule has 7 heteroatoms. The van der Waals surface area contributed by atoms with E-state index in [9.17, 15) is 4.79 Å². The highest BCUT2D eigenvalue weighted by Crippen LogP contribution is 2.30. The highest BCUT2D eigenvalue weighted by molar-refractivity contribution is 8.00. The van der Waals surface area contributed by atoms with Gasteiger partial charge in [0.1, 0.15) is 0 Å². The fraction of sp³-hybridized carbons (Fsp3) is 0.235. The Kier molecular flexibility index (Phi) is 4.71. The van der Waals surface area contributed by atoms with Gasteiger partial charge in [0.05, 0.1) is 19.5 Å². The van der Waals surface area contributed by atoms with E-state index in [0.717, 1.165) is 5.65 Å². The Balaban J connectivity index is 1.82. The number of nitrogens with zero attached hydrogens (tertiary/aromatic N) is 3. The number of thioether (sulfide) groups is 1. The Morgan fingerprint density at radius 1 is 1.12 bits per heavy atom. The van der Waals surface area contributed by atoms with Crippen LogP contribution in [0.4, 0.5) is 0 Å². The summed E-state index contributed by atoms with van der Waals surface area (Å²) in [7, 11) is 3.11. The second-order valence-corrected chi connectivity index (χ2v) is 6.41. The van der Waals surface area contributed by atoms with E-state index in [0.29, 0.717) is 22.2 Å². The van der Waals surface area contributed by atoms with Crippen molar-refractivity contribution in [2.75, 3.05) is 14.2 Å². The zero-order valence-electron chi connectivity index (χ0n) is 13.6. The lowest BCUT2D eigenvalue weighted by molar-refractivity contribution is 0.0993. The first-order valence-electron chi connectivity index (χ1n) is 7.36. The number of carbonyl (C=O) groups excluding carboxylic acids is 1. The molecular formula is C17H17N3O3S. The Labute approximate surface area is 143 Å². The summed E-state index contributed by atoms with van der Waals surface area (Å²) in [6.07, 6.45) is 1.88. The van der Waals surface area contributed by atoms with Crippen LogP contribution in [-0.4, -0.2) is 39.9 Å². The van der Waals surface area contributed by atoms with Crippen molar-refractivity contribution in [3.05, 3.63) is 48.2 Å². The molecule has 0 radical (unpaired) electrons. The number of Topliss-reactive ketones (excluding diaryl/α,β-unsaturated/α-hetero) is 1. The van der Waals surface area contributed by atoms with Gasteiger partial charge in [0, 0.05) is 11.8 Å². The zero-order valence-corrected chi connectivity index (χ0v) is 14.4. The number of pyridine rings is 1. The highest BCUT2D eigenvalue weighted by Gasteiger charge is 2.20. The summed E-state index contributed by atoms with van der Waals surface area (Å²) in [4.78, 5) is 12.7. The number of ketones is 1. The number of ether oxygens (including phenoxy) is 2. The smallest absolute Gasteiger partial charge is 0.196 e. The van der Waals surface area contributed by atoms with Crippen LogP contribution >= 0.6 is 11.8 Å². The van der Waals surface area contributed by atoms with Crippen LogP contribution in [0.3, 0.4) is 0 Å². The molecular weight excluding hydrogens is 326 g/mol. The number of benzene rings is 1. The average Bonchev–Trinajstić information content (AvgIpc) is 3.03. The number of rotatable bonds is 6. The van der Waals surface area contributed by atoms with Crippen molar-refractivity contribution in [1.29, 1.82) is 0 Å². The van der Waals surface area contributed by atoms with Crippen LogP contribution in [-0.2, 0) is 0 Å². The molecule has 1 aromatic carbocycles. The fourth-order valence-corrected chi connectivity index (χ4v) is 3.25. The standard InChI is InChI=1S/C17H17N3O3S/c1-11(24-17-19-18-15-6-4-5-9-20(15)17)16(21)12-7-8-13(22-2)14(10-12)23-3/h4-11H,1-3H3. The molecule has 0 spiro atoms. The third-order valence-corrected chi connectivity index (χ3v) is 4.66. The van der Waals surface area contributed by atoms with Gasteiger partial charge in [-0.2, -0.15) is 0 Å². The summed E-state index contributed by atoms with van der Waals surface area (Å²) in [6, 6.07) is 10.8. The number of fused-ring (bicyclic) bond motifs is 1. The van der Waals surface area contributed by atoms with E-state index >= 15 is 0 Å². The van der Waals surface area contributed by atoms with Gasteiger partial charge < -0.3 is 9.47 Å². The second-order valence-electron chi connectivity index (χ2n) is 5.11. The Morgan fingerprint density at radius 2 is 1.92 bits per heavy atom. The Bertz CT molecular complexity index is 878. The number of hydrogen-bond acceptors (Lipinski definition) is 6. The summed E-state index contributed by atoms with van der Waals surface area (Å²) in [6.45, 7) is 1.85. The van der Waals surface area contributed by atoms with Crippen LogP contribution in [0, 0.1) is 0 Å². The predicted octanol–water partition coefficient (Wildman–Crippen LogP) is 3.11. The van der Waals surface area contributed by atoms with Crippen molar-refractivity contribution in [3.8, 4) is 11.5 Å². The molecule has 0 fully saturated rings. The number of hydrogen-bond donors (Lipinski definition) is 0. The van der Waals surface area contributed by atoms with Crippen LogP contribution in [0.15, 0.2) is 47.8 Å². The third-order valence-electron chi connectivity index (χ3n) is 3.60. The lowest BCUT2D eigenvalue weighted by Crippen LogP contribution is -2.14. The van der Waals surface area contributed by atoms with E-state index < -0.39 is 0 Å². The quantitative estimate of drug-likeness (QED) is 0.506. The first kappa shape index (κ1) is 16.3. The van der Waals surface area contributed by atoms with Gasteiger partial charge in [0.15, 0.2) is 28.1 Å². The van der Waals surface area contributed by atoms with Crippen molar-refractivity contribution < 1.29 is 14.3 Å². The molecule has 2 aromatic heterocycles. The molecule has 2 heterocycles. The van der Waals surface area contributed by atoms with Gasteiger partial charge in [-0.15, -0.1) is 10.2 Å². The molecule has 0 N–H and O–H groups in total. The van der Waals surface area contributed by atoms with Crippen molar-refractivity contribution in [3.63, 3.8) is 0 Å². The average molecular weight is 343 g/mol. The SMILES string of the molecule is COc1ccc(C(=O)C(C)Sc2nnc3ccccn23)cc1OC. The molecule has 0 bridgehead atoms. The predicted molar refractivity (Wildman–Crippen MR) is 92.2 cm³/mol. The Morgan fingerprint density at radius 3 is 2.67 bits per heavy atom. The van der Waals surface area contributed by atoms with Crippen LogP contribution in [0.1, 0.15) is 17.3 Å². The van der Waals surface area contributed by atoms with Crippen LogP contribution in [0.5, 0.6) is 11.5 Å². The summed E-state index contributed by atoms with van der Waals surface area (Å²) in [5, 5.41) is 8.63. The minimum atomic E-state index is -0.310. The van der Waals surface area contributed by atoms with Crippen molar-refractivity contribution >= 4 is 23.2 Å². The molecule has 124 valence electrons. The molecule has 0 saturated carbocycles. The van der Waals surface area contributed by atoms with E-state index in [1.165, 1.54) is 11.8 Å². The highest BCUT2D eigenvalue weighted by atomic mass is 32.2. The minimum Gasteiger partial charge on any atom is -0.493 e. The zero-order chi connectivity index (χ0) is 17.1. The van der Waals surface area contributed by atoms with Crippen molar-refractivity contribution in [2.45, 2.75) is 17.3 Å². The number of methoxy groups -OCH3 is 2. The van der Waals surface area contributed by atoms with Gasteiger partial charge in [-0.3, -0.25) is 9.20 Å². The summed E-state index contributed by atoms with van der Waals surface area (Å²) in [5.41, 5.74) is 1.33. The van der Waals surface area contributed by atoms with Gasteiger partial charge in [-0.1, -0.05) is 17.8 Å². The van der Waals surface area contributed by atoms with Gasteiger partial charge in [-0.25, -0.2) is 0 Å². The first-order valence-corrected chi connectivity index (χ1v) is 8.24. The van der Waals surface area contributed by atoms with Gasteiger partial charge in [0.2, 0.25) is 0 Å². The largest absolute Gasteiger partial charge is 0.493 e. The summed E-state index contributed by atoms with van der Waals surface area (Å²) >= 11 is 1.37. The summed E-state index contributed by atoms with van der Waals surface area (Å²) in [5.74, 6) is 1.12. The molecule has 3 rings (SSSR count). The topological polar surface area (TPSA) is 65.7 Å². The van der Waals surface area contributed by atoms with Crippen LogP contribution < -0.4 is 9.47 Å². The lowest BCUT2D eigenvalue weighted by Gasteiger charge is -2.12. The molecule has 0 saturated heterocycles. The van der Waals surface area contributed by atoms with E-state index in [1.807, 2.05) is 35.7 Å². The molecule has 1 unspecified atom stereocenters. The molecule has 6 nitrogen and oxygen atoms in total. The maximum Gasteiger partial charge on any atom is 0.196 e. The molecule has 0 aliphatic heterocycles. The number of carbonyl (C=O) groups is 1. The van der Waals surface area contributed by atoms with Crippen LogP contribution in [0.25, 0.3) is 5.65 Å². The van der Waals surface area contributed by atoms with Crippen molar-refractivity contribution in [2.24, 2.45) is 0 Å². The third kappa shape index (κ3) is 3.07. The number of aromatic nitrogens is 3. The van der Waals surface area contributed by atoms with Gasteiger partial charge >= 0.3 is 0 Å². The Hall–Kier alpha value is -2.54. The van der Waals surface area contributed by atoms with E-state index in [1.54, 1.807) is 32.4 Å². The van der Waals surface area contributed by atoms with Gasteiger partial charge in [0.25, 0.3) is 0 Å². The molecule has 1 atom stereocenters. The van der Waals surface area contributed by atoms with E-state index in [-0.39, 0.29) is 11.0 Å². The van der Waals surface area contributed by atoms with Gasteiger partial charge in [-0.05, 0) is 37.3 Å². The lowest BCUT2D eigenvalue weighted by atomic mass is 10.1. The minimum absolute atomic E-state index is 0.00589. The summed E-state index contributed by atoms with van der Waals surface area (Å²) < 4.78 is 12.3. The maximum absolute atomic E-state index is 12.7. The van der Waals surface area contributed by atoms with E-state index in [4.69, 9.17) is 9.47 Å². The normalized spacial score (nSPS) is 12.1. The first-order chi connectivity index (χ1) is 11.6. The second kappa shape index (κ2) is 6.92. The van der Waals surface area contributed by atoms with E-state index in [2.05, 4.69) is 10.2 Å². The van der Waals surface area contributed by atoms with Crippen molar-refractivity contribution in [1.82, 2.24) is 14.6 Å². The van der Waals surface area contributed by atoms with Crippen LogP contribution in [0.2, 0.25) is 0 Å². The molecule has 0 aliphatic rings. The molecule has 24 heavy (non-hydrogen) atoms. The maximum atomic E-state index is 12.7. The fourth-order valence-electron chi connectivity index (χ4n) is 2.34. The monoisotopic (exact) mass is 343 g/mol. The molecule has 0 amide bonds.